The Morgan fingerprint density at radius 1 is 1.05 bits per heavy atom. The Balaban J connectivity index is 1.43. The monoisotopic (exact) mass is 534 g/mol. The SMILES string of the molecule is CCOc1ccc(NC(=O)NCCn2cc(Cc3cncnc3)c(=O)nc2SCc2ccc(F)cc2)cc1. The number of hydrogen-bond donors (Lipinski definition) is 2. The molecule has 0 fully saturated rings. The number of anilines is 1. The van der Waals surface area contributed by atoms with Crippen LogP contribution in [0.2, 0.25) is 0 Å². The predicted octanol–water partition coefficient (Wildman–Crippen LogP) is 4.28. The van der Waals surface area contributed by atoms with E-state index in [4.69, 9.17) is 4.74 Å². The fourth-order valence-corrected chi connectivity index (χ4v) is 4.50. The van der Waals surface area contributed by atoms with E-state index in [9.17, 15) is 14.0 Å². The fourth-order valence-electron chi connectivity index (χ4n) is 3.55. The van der Waals surface area contributed by atoms with Crippen molar-refractivity contribution in [3.8, 4) is 5.75 Å². The number of aromatic nitrogens is 4. The summed E-state index contributed by atoms with van der Waals surface area (Å²) in [6.45, 7) is 3.15. The number of benzene rings is 2. The molecule has 0 aliphatic rings. The molecule has 0 saturated heterocycles. The summed E-state index contributed by atoms with van der Waals surface area (Å²) < 4.78 is 20.5. The van der Waals surface area contributed by atoms with Crippen LogP contribution in [0.15, 0.2) is 83.4 Å². The second-order valence-corrected chi connectivity index (χ2v) is 9.17. The molecule has 38 heavy (non-hydrogen) atoms. The van der Waals surface area contributed by atoms with Gasteiger partial charge in [-0.1, -0.05) is 23.9 Å². The van der Waals surface area contributed by atoms with Crippen LogP contribution in [0.5, 0.6) is 5.75 Å². The number of rotatable bonds is 11. The predicted molar refractivity (Wildman–Crippen MR) is 144 cm³/mol. The summed E-state index contributed by atoms with van der Waals surface area (Å²) in [6, 6.07) is 12.9. The molecule has 2 heterocycles. The molecular formula is C27H27FN6O3S. The van der Waals surface area contributed by atoms with E-state index in [0.29, 0.717) is 48.3 Å². The Morgan fingerprint density at radius 3 is 2.50 bits per heavy atom. The van der Waals surface area contributed by atoms with E-state index in [1.54, 1.807) is 55.0 Å². The maximum absolute atomic E-state index is 13.3. The highest BCUT2D eigenvalue weighted by Crippen LogP contribution is 2.21. The molecule has 0 aliphatic heterocycles. The summed E-state index contributed by atoms with van der Waals surface area (Å²) in [5.74, 6) is 0.926. The number of halogens is 1. The van der Waals surface area contributed by atoms with Crippen LogP contribution in [0, 0.1) is 5.82 Å². The molecule has 0 atom stereocenters. The zero-order valence-corrected chi connectivity index (χ0v) is 21.6. The first kappa shape index (κ1) is 26.8. The van der Waals surface area contributed by atoms with Crippen molar-refractivity contribution in [1.82, 2.24) is 24.8 Å². The van der Waals surface area contributed by atoms with Gasteiger partial charge in [0.15, 0.2) is 5.16 Å². The molecule has 0 spiro atoms. The van der Waals surface area contributed by atoms with Crippen molar-refractivity contribution in [2.75, 3.05) is 18.5 Å². The standard InChI is InChI=1S/C27H27FN6O3S/c1-2-37-24-9-7-23(8-10-24)32-26(36)31-11-12-34-16-21(13-20-14-29-18-30-15-20)25(35)33-27(34)38-17-19-3-5-22(28)6-4-19/h3-10,14-16,18H,2,11-13,17H2,1H3,(H2,31,32,36). The van der Waals surface area contributed by atoms with Gasteiger partial charge in [0.05, 0.1) is 6.61 Å². The molecule has 2 N–H and O–H groups in total. The van der Waals surface area contributed by atoms with Crippen molar-refractivity contribution >= 4 is 23.5 Å². The van der Waals surface area contributed by atoms with Crippen molar-refractivity contribution in [3.63, 3.8) is 0 Å². The van der Waals surface area contributed by atoms with Crippen LogP contribution in [-0.4, -0.2) is 38.7 Å². The van der Waals surface area contributed by atoms with E-state index in [1.807, 2.05) is 11.5 Å². The average Bonchev–Trinajstić information content (AvgIpc) is 2.92. The number of carbonyl (C=O) groups is 1. The molecule has 2 amide bonds. The number of urea groups is 1. The van der Waals surface area contributed by atoms with Gasteiger partial charge in [-0.25, -0.2) is 19.2 Å². The molecule has 196 valence electrons. The first-order valence-corrected chi connectivity index (χ1v) is 13.0. The van der Waals surface area contributed by atoms with E-state index in [2.05, 4.69) is 25.6 Å². The molecule has 11 heteroatoms. The van der Waals surface area contributed by atoms with Gasteiger partial charge in [0.25, 0.3) is 5.56 Å². The molecule has 9 nitrogen and oxygen atoms in total. The quantitative estimate of drug-likeness (QED) is 0.218. The summed E-state index contributed by atoms with van der Waals surface area (Å²) in [5.41, 5.74) is 2.48. The number of ether oxygens (including phenoxy) is 1. The number of nitrogens with one attached hydrogen (secondary N) is 2. The lowest BCUT2D eigenvalue weighted by atomic mass is 10.1. The Kier molecular flexibility index (Phi) is 9.41. The molecule has 2 aromatic carbocycles. The topological polar surface area (TPSA) is 111 Å². The summed E-state index contributed by atoms with van der Waals surface area (Å²) in [7, 11) is 0. The highest BCUT2D eigenvalue weighted by atomic mass is 32.2. The number of thioether (sulfide) groups is 1. The third kappa shape index (κ3) is 7.87. The zero-order valence-electron chi connectivity index (χ0n) is 20.8. The average molecular weight is 535 g/mol. The maximum atomic E-state index is 13.3. The van der Waals surface area contributed by atoms with Crippen molar-refractivity contribution < 1.29 is 13.9 Å². The van der Waals surface area contributed by atoms with Crippen molar-refractivity contribution in [1.29, 1.82) is 0 Å². The zero-order chi connectivity index (χ0) is 26.7. The van der Waals surface area contributed by atoms with Crippen LogP contribution in [0.25, 0.3) is 0 Å². The molecule has 0 aliphatic carbocycles. The number of nitrogens with zero attached hydrogens (tertiary/aromatic N) is 4. The van der Waals surface area contributed by atoms with E-state index >= 15 is 0 Å². The van der Waals surface area contributed by atoms with Crippen LogP contribution < -0.4 is 20.9 Å². The molecule has 0 unspecified atom stereocenters. The van der Waals surface area contributed by atoms with Crippen LogP contribution in [-0.2, 0) is 18.7 Å². The minimum atomic E-state index is -0.356. The lowest BCUT2D eigenvalue weighted by Gasteiger charge is -2.15. The maximum Gasteiger partial charge on any atom is 0.319 e. The van der Waals surface area contributed by atoms with Gasteiger partial charge < -0.3 is 19.9 Å². The lowest BCUT2D eigenvalue weighted by Crippen LogP contribution is -2.32. The first-order chi connectivity index (χ1) is 18.5. The van der Waals surface area contributed by atoms with Gasteiger partial charge in [0, 0.05) is 55.1 Å². The Hall–Kier alpha value is -4.25. The number of amides is 2. The van der Waals surface area contributed by atoms with E-state index in [-0.39, 0.29) is 17.4 Å². The second kappa shape index (κ2) is 13.3. The largest absolute Gasteiger partial charge is 0.494 e. The van der Waals surface area contributed by atoms with Gasteiger partial charge in [0.2, 0.25) is 0 Å². The molecule has 4 rings (SSSR count). The third-order valence-electron chi connectivity index (χ3n) is 5.38. The normalized spacial score (nSPS) is 10.7. The summed E-state index contributed by atoms with van der Waals surface area (Å²) in [5, 5.41) is 6.12. The van der Waals surface area contributed by atoms with Crippen molar-refractivity contribution in [2.24, 2.45) is 0 Å². The fraction of sp³-hybridized carbons (Fsp3) is 0.222. The van der Waals surface area contributed by atoms with Gasteiger partial charge in [0.1, 0.15) is 17.9 Å². The van der Waals surface area contributed by atoms with Crippen LogP contribution in [0.4, 0.5) is 14.9 Å². The van der Waals surface area contributed by atoms with E-state index in [1.165, 1.54) is 30.2 Å². The van der Waals surface area contributed by atoms with E-state index < -0.39 is 0 Å². The van der Waals surface area contributed by atoms with Gasteiger partial charge >= 0.3 is 6.03 Å². The highest BCUT2D eigenvalue weighted by molar-refractivity contribution is 7.98. The van der Waals surface area contributed by atoms with Gasteiger partial charge in [-0.15, -0.1) is 0 Å². The highest BCUT2D eigenvalue weighted by Gasteiger charge is 2.12. The van der Waals surface area contributed by atoms with E-state index in [0.717, 1.165) is 16.9 Å². The van der Waals surface area contributed by atoms with Crippen molar-refractivity contribution in [2.45, 2.75) is 30.8 Å². The molecular weight excluding hydrogens is 507 g/mol. The lowest BCUT2D eigenvalue weighted by molar-refractivity contribution is 0.251. The van der Waals surface area contributed by atoms with Crippen LogP contribution in [0.1, 0.15) is 23.6 Å². The number of carbonyl (C=O) groups excluding carboxylic acids is 1. The molecule has 2 aromatic heterocycles. The van der Waals surface area contributed by atoms with Crippen LogP contribution in [0.3, 0.4) is 0 Å². The molecule has 0 saturated carbocycles. The second-order valence-electron chi connectivity index (χ2n) is 8.22. The minimum absolute atomic E-state index is 0.297. The summed E-state index contributed by atoms with van der Waals surface area (Å²) in [6.07, 6.45) is 6.82. The third-order valence-corrected chi connectivity index (χ3v) is 6.44. The Bertz CT molecular complexity index is 1400. The smallest absolute Gasteiger partial charge is 0.319 e. The summed E-state index contributed by atoms with van der Waals surface area (Å²) >= 11 is 1.37. The number of hydrogen-bond acceptors (Lipinski definition) is 7. The Labute approximate surface area is 223 Å². The van der Waals surface area contributed by atoms with Crippen LogP contribution >= 0.6 is 11.8 Å². The van der Waals surface area contributed by atoms with Gasteiger partial charge in [-0.2, -0.15) is 4.98 Å². The summed E-state index contributed by atoms with van der Waals surface area (Å²) in [4.78, 5) is 37.5. The van der Waals surface area contributed by atoms with Gasteiger partial charge in [-0.3, -0.25) is 4.79 Å². The molecule has 0 radical (unpaired) electrons. The van der Waals surface area contributed by atoms with Gasteiger partial charge in [-0.05, 0) is 54.4 Å². The Morgan fingerprint density at radius 2 is 1.79 bits per heavy atom. The van der Waals surface area contributed by atoms with Crippen molar-refractivity contribution in [3.05, 3.63) is 106 Å². The molecule has 4 aromatic rings. The first-order valence-electron chi connectivity index (χ1n) is 12.0. The minimum Gasteiger partial charge on any atom is -0.494 e. The molecule has 0 bridgehead atoms.